The third kappa shape index (κ3) is 3.49. The number of carbonyl (C=O) groups is 1. The Morgan fingerprint density at radius 2 is 2.25 bits per heavy atom. The van der Waals surface area contributed by atoms with Crippen LogP contribution >= 0.6 is 11.8 Å². The van der Waals surface area contributed by atoms with Crippen molar-refractivity contribution in [1.29, 1.82) is 0 Å². The number of carboxylic acid groups (broad SMARTS) is 1. The van der Waals surface area contributed by atoms with Crippen LogP contribution in [-0.4, -0.2) is 38.4 Å². The van der Waals surface area contributed by atoms with Crippen LogP contribution in [0.1, 0.15) is 38.2 Å². The number of hydrogen-bond acceptors (Lipinski definition) is 5. The Labute approximate surface area is 123 Å². The summed E-state index contributed by atoms with van der Waals surface area (Å²) in [6, 6.07) is 0. The van der Waals surface area contributed by atoms with Crippen LogP contribution in [0.5, 0.6) is 0 Å². The lowest BCUT2D eigenvalue weighted by atomic mass is 9.98. The topological polar surface area (TPSA) is 75.1 Å². The first-order valence-corrected chi connectivity index (χ1v) is 7.87. The Kier molecular flexibility index (Phi) is 4.99. The number of nitrogens with one attached hydrogen (secondary N) is 1. The zero-order valence-corrected chi connectivity index (χ0v) is 12.7. The molecular weight excluding hydrogens is 274 g/mol. The van der Waals surface area contributed by atoms with E-state index in [1.165, 1.54) is 0 Å². The summed E-state index contributed by atoms with van der Waals surface area (Å²) in [7, 11) is 0. The highest BCUT2D eigenvalue weighted by Gasteiger charge is 2.45. The fourth-order valence-electron chi connectivity index (χ4n) is 2.49. The molecule has 1 saturated carbocycles. The number of aliphatic carboxylic acids is 1. The van der Waals surface area contributed by atoms with Gasteiger partial charge >= 0.3 is 5.97 Å². The summed E-state index contributed by atoms with van der Waals surface area (Å²) in [5.41, 5.74) is 0.267. The first kappa shape index (κ1) is 15.3. The minimum absolute atomic E-state index is 0.262. The molecule has 1 aromatic rings. The molecule has 0 amide bonds. The van der Waals surface area contributed by atoms with Crippen molar-refractivity contribution in [3.63, 3.8) is 0 Å². The van der Waals surface area contributed by atoms with Crippen LogP contribution in [0.15, 0.2) is 17.6 Å². The second-order valence-corrected chi connectivity index (χ2v) is 6.61. The molecule has 0 aromatic carbocycles. The van der Waals surface area contributed by atoms with Crippen molar-refractivity contribution < 1.29 is 9.90 Å². The van der Waals surface area contributed by atoms with Gasteiger partial charge in [-0.2, -0.15) is 0 Å². The van der Waals surface area contributed by atoms with Gasteiger partial charge in [0.2, 0.25) is 0 Å². The SMILES string of the molecule is CCCNC1(C(=O)O)CCC(Sc2ncc(C)cn2)C1. The van der Waals surface area contributed by atoms with Gasteiger partial charge in [0.25, 0.3) is 0 Å². The Morgan fingerprint density at radius 3 is 2.85 bits per heavy atom. The minimum Gasteiger partial charge on any atom is -0.480 e. The highest BCUT2D eigenvalue weighted by Crippen LogP contribution is 2.39. The lowest BCUT2D eigenvalue weighted by molar-refractivity contribution is -0.144. The fraction of sp³-hybridized carbons (Fsp3) is 0.643. The monoisotopic (exact) mass is 295 g/mol. The summed E-state index contributed by atoms with van der Waals surface area (Å²) in [4.78, 5) is 20.1. The maximum absolute atomic E-state index is 11.6. The normalized spacial score (nSPS) is 25.8. The van der Waals surface area contributed by atoms with E-state index in [-0.39, 0.29) is 5.25 Å². The molecule has 1 aliphatic rings. The van der Waals surface area contributed by atoms with Crippen LogP contribution in [0.2, 0.25) is 0 Å². The zero-order valence-electron chi connectivity index (χ0n) is 11.9. The lowest BCUT2D eigenvalue weighted by Gasteiger charge is -2.25. The van der Waals surface area contributed by atoms with Gasteiger partial charge in [0.15, 0.2) is 5.16 Å². The van der Waals surface area contributed by atoms with Gasteiger partial charge in [-0.3, -0.25) is 4.79 Å². The second-order valence-electron chi connectivity index (χ2n) is 5.34. The molecule has 0 radical (unpaired) electrons. The van der Waals surface area contributed by atoms with E-state index in [0.717, 1.165) is 30.1 Å². The van der Waals surface area contributed by atoms with E-state index in [9.17, 15) is 9.90 Å². The number of carboxylic acids is 1. The van der Waals surface area contributed by atoms with Gasteiger partial charge in [-0.25, -0.2) is 9.97 Å². The number of rotatable bonds is 6. The van der Waals surface area contributed by atoms with Crippen LogP contribution in [0.3, 0.4) is 0 Å². The Bertz CT molecular complexity index is 466. The molecule has 1 aliphatic carbocycles. The summed E-state index contributed by atoms with van der Waals surface area (Å²) < 4.78 is 0. The summed E-state index contributed by atoms with van der Waals surface area (Å²) >= 11 is 1.59. The van der Waals surface area contributed by atoms with Crippen LogP contribution in [-0.2, 0) is 4.79 Å². The Hall–Kier alpha value is -1.14. The molecule has 2 rings (SSSR count). The number of nitrogens with zero attached hydrogens (tertiary/aromatic N) is 2. The van der Waals surface area contributed by atoms with Crippen molar-refractivity contribution in [1.82, 2.24) is 15.3 Å². The van der Waals surface area contributed by atoms with Crippen LogP contribution in [0, 0.1) is 6.92 Å². The minimum atomic E-state index is -0.766. The second kappa shape index (κ2) is 6.54. The van der Waals surface area contributed by atoms with E-state index < -0.39 is 11.5 Å². The third-order valence-electron chi connectivity index (χ3n) is 3.62. The lowest BCUT2D eigenvalue weighted by Crippen LogP contribution is -2.50. The van der Waals surface area contributed by atoms with E-state index in [1.807, 2.05) is 13.8 Å². The number of aryl methyl sites for hydroxylation is 1. The average molecular weight is 295 g/mol. The van der Waals surface area contributed by atoms with E-state index >= 15 is 0 Å². The van der Waals surface area contributed by atoms with E-state index in [0.29, 0.717) is 12.8 Å². The predicted molar refractivity (Wildman–Crippen MR) is 78.9 cm³/mol. The molecule has 5 nitrogen and oxygen atoms in total. The predicted octanol–water partition coefficient (Wildman–Crippen LogP) is 2.25. The molecule has 1 aromatic heterocycles. The molecule has 110 valence electrons. The van der Waals surface area contributed by atoms with Gasteiger partial charge in [0.1, 0.15) is 5.54 Å². The molecule has 0 spiro atoms. The first-order chi connectivity index (χ1) is 9.55. The summed E-state index contributed by atoms with van der Waals surface area (Å²) in [6.07, 6.45) is 6.71. The standard InChI is InChI=1S/C14H21N3O2S/c1-3-6-17-14(12(18)19)5-4-11(7-14)20-13-15-8-10(2)9-16-13/h8-9,11,17H,3-7H2,1-2H3,(H,18,19). The molecule has 1 fully saturated rings. The van der Waals surface area contributed by atoms with Crippen molar-refractivity contribution in [2.24, 2.45) is 0 Å². The summed E-state index contributed by atoms with van der Waals surface area (Å²) in [5.74, 6) is -0.737. The molecule has 20 heavy (non-hydrogen) atoms. The van der Waals surface area contributed by atoms with E-state index in [2.05, 4.69) is 15.3 Å². The van der Waals surface area contributed by atoms with Crippen molar-refractivity contribution in [2.75, 3.05) is 6.54 Å². The Balaban J connectivity index is 1.99. The summed E-state index contributed by atoms with van der Waals surface area (Å²) in [6.45, 7) is 4.74. The van der Waals surface area contributed by atoms with Gasteiger partial charge in [-0.1, -0.05) is 18.7 Å². The van der Waals surface area contributed by atoms with Crippen molar-refractivity contribution in [3.8, 4) is 0 Å². The molecule has 2 atom stereocenters. The molecule has 2 N–H and O–H groups in total. The maximum Gasteiger partial charge on any atom is 0.323 e. The van der Waals surface area contributed by atoms with E-state index in [4.69, 9.17) is 0 Å². The van der Waals surface area contributed by atoms with Gasteiger partial charge < -0.3 is 10.4 Å². The molecular formula is C14H21N3O2S. The molecule has 0 bridgehead atoms. The van der Waals surface area contributed by atoms with Crippen molar-refractivity contribution in [3.05, 3.63) is 18.0 Å². The number of hydrogen-bond donors (Lipinski definition) is 2. The summed E-state index contributed by atoms with van der Waals surface area (Å²) in [5, 5.41) is 13.7. The highest BCUT2D eigenvalue weighted by molar-refractivity contribution is 7.99. The quantitative estimate of drug-likeness (QED) is 0.784. The smallest absolute Gasteiger partial charge is 0.323 e. The molecule has 0 saturated heterocycles. The Morgan fingerprint density at radius 1 is 1.55 bits per heavy atom. The van der Waals surface area contributed by atoms with Crippen molar-refractivity contribution in [2.45, 2.75) is 55.5 Å². The fourth-order valence-corrected chi connectivity index (χ4v) is 3.61. The zero-order chi connectivity index (χ0) is 14.6. The van der Waals surface area contributed by atoms with Crippen LogP contribution < -0.4 is 5.32 Å². The van der Waals surface area contributed by atoms with Gasteiger partial charge in [0.05, 0.1) is 0 Å². The average Bonchev–Trinajstić information content (AvgIpc) is 2.84. The number of aromatic nitrogens is 2. The molecule has 0 aliphatic heterocycles. The van der Waals surface area contributed by atoms with E-state index in [1.54, 1.807) is 24.2 Å². The molecule has 6 heteroatoms. The van der Waals surface area contributed by atoms with Crippen LogP contribution in [0.4, 0.5) is 0 Å². The van der Waals surface area contributed by atoms with Crippen LogP contribution in [0.25, 0.3) is 0 Å². The van der Waals surface area contributed by atoms with Gasteiger partial charge in [0, 0.05) is 17.6 Å². The highest BCUT2D eigenvalue weighted by atomic mass is 32.2. The third-order valence-corrected chi connectivity index (χ3v) is 4.78. The largest absolute Gasteiger partial charge is 0.480 e. The molecule has 1 heterocycles. The maximum atomic E-state index is 11.6. The van der Waals surface area contributed by atoms with Gasteiger partial charge in [-0.05, 0) is 44.7 Å². The van der Waals surface area contributed by atoms with Gasteiger partial charge in [-0.15, -0.1) is 0 Å². The molecule has 2 unspecified atom stereocenters. The number of thioether (sulfide) groups is 1. The van der Waals surface area contributed by atoms with Crippen molar-refractivity contribution >= 4 is 17.7 Å². The first-order valence-electron chi connectivity index (χ1n) is 6.99.